The summed E-state index contributed by atoms with van der Waals surface area (Å²) >= 11 is 0. The van der Waals surface area contributed by atoms with Crippen LogP contribution in [0.5, 0.6) is 0 Å². The van der Waals surface area contributed by atoms with E-state index < -0.39 is 0 Å². The predicted octanol–water partition coefficient (Wildman–Crippen LogP) is 1.45. The third-order valence-corrected chi connectivity index (χ3v) is 2.37. The Morgan fingerprint density at radius 1 is 1.43 bits per heavy atom. The van der Waals surface area contributed by atoms with Gasteiger partial charge < -0.3 is 4.90 Å². The third-order valence-electron chi connectivity index (χ3n) is 2.37. The van der Waals surface area contributed by atoms with E-state index in [-0.39, 0.29) is 0 Å². The van der Waals surface area contributed by atoms with Crippen molar-refractivity contribution in [1.29, 1.82) is 5.26 Å². The topological polar surface area (TPSA) is 44.9 Å². The van der Waals surface area contributed by atoms with Gasteiger partial charge in [0.1, 0.15) is 17.5 Å². The van der Waals surface area contributed by atoms with Gasteiger partial charge in [-0.05, 0) is 20.8 Å². The Morgan fingerprint density at radius 2 is 2.00 bits per heavy atom. The average molecular weight is 192 g/mol. The fraction of sp³-hybridized carbons (Fsp3) is 0.600. The average Bonchev–Trinajstić information content (AvgIpc) is 2.44. The third kappa shape index (κ3) is 1.58. The largest absolute Gasteiger partial charge is 0.356 e. The summed E-state index contributed by atoms with van der Waals surface area (Å²) in [6.07, 6.45) is 0. The first kappa shape index (κ1) is 10.6. The smallest absolute Gasteiger partial charge is 0.144 e. The highest BCUT2D eigenvalue weighted by atomic mass is 15.4. The molecule has 4 nitrogen and oxygen atoms in total. The van der Waals surface area contributed by atoms with E-state index in [0.717, 1.165) is 24.6 Å². The number of nitriles is 1. The van der Waals surface area contributed by atoms with Gasteiger partial charge in [-0.1, -0.05) is 0 Å². The summed E-state index contributed by atoms with van der Waals surface area (Å²) in [5, 5.41) is 13.3. The van der Waals surface area contributed by atoms with Gasteiger partial charge in [0.15, 0.2) is 0 Å². The lowest BCUT2D eigenvalue weighted by Gasteiger charge is -2.20. The number of hydrogen-bond donors (Lipinski definition) is 0. The molecule has 0 fully saturated rings. The Kier molecular flexibility index (Phi) is 3.13. The Labute approximate surface area is 84.7 Å². The lowest BCUT2D eigenvalue weighted by Crippen LogP contribution is -2.25. The van der Waals surface area contributed by atoms with Crippen LogP contribution in [0.4, 0.5) is 5.82 Å². The van der Waals surface area contributed by atoms with E-state index in [4.69, 9.17) is 5.26 Å². The van der Waals surface area contributed by atoms with Gasteiger partial charge in [-0.2, -0.15) is 10.4 Å². The van der Waals surface area contributed by atoms with Crippen molar-refractivity contribution in [3.63, 3.8) is 0 Å². The summed E-state index contributed by atoms with van der Waals surface area (Å²) in [6, 6.07) is 2.21. The Balaban J connectivity index is 3.25. The molecule has 14 heavy (non-hydrogen) atoms. The van der Waals surface area contributed by atoms with E-state index in [2.05, 4.69) is 29.9 Å². The van der Waals surface area contributed by atoms with Crippen molar-refractivity contribution in [2.75, 3.05) is 18.0 Å². The predicted molar refractivity (Wildman–Crippen MR) is 56.2 cm³/mol. The second-order valence-electron chi connectivity index (χ2n) is 3.19. The molecule has 1 heterocycles. The molecular weight excluding hydrogens is 176 g/mol. The molecule has 0 bridgehead atoms. The van der Waals surface area contributed by atoms with E-state index in [1.165, 1.54) is 0 Å². The normalized spacial score (nSPS) is 9.93. The van der Waals surface area contributed by atoms with Crippen LogP contribution in [0.15, 0.2) is 0 Å². The highest BCUT2D eigenvalue weighted by molar-refractivity contribution is 5.56. The van der Waals surface area contributed by atoms with Crippen LogP contribution in [0.3, 0.4) is 0 Å². The maximum absolute atomic E-state index is 9.02. The van der Waals surface area contributed by atoms with Gasteiger partial charge >= 0.3 is 0 Å². The Morgan fingerprint density at radius 3 is 2.43 bits per heavy atom. The van der Waals surface area contributed by atoms with Crippen molar-refractivity contribution < 1.29 is 0 Å². The maximum Gasteiger partial charge on any atom is 0.144 e. The number of aryl methyl sites for hydroxylation is 2. The van der Waals surface area contributed by atoms with Crippen LogP contribution in [0.1, 0.15) is 25.1 Å². The number of anilines is 1. The minimum Gasteiger partial charge on any atom is -0.356 e. The molecule has 0 spiro atoms. The van der Waals surface area contributed by atoms with Gasteiger partial charge in [0.05, 0.1) is 5.69 Å². The molecule has 0 aromatic carbocycles. The number of hydrogen-bond acceptors (Lipinski definition) is 3. The summed E-state index contributed by atoms with van der Waals surface area (Å²) in [6.45, 7) is 7.81. The summed E-state index contributed by atoms with van der Waals surface area (Å²) in [7, 11) is 1.88. The molecule has 0 saturated heterocycles. The zero-order chi connectivity index (χ0) is 10.7. The van der Waals surface area contributed by atoms with Crippen LogP contribution in [-0.4, -0.2) is 22.9 Å². The van der Waals surface area contributed by atoms with Crippen LogP contribution < -0.4 is 4.90 Å². The molecule has 1 aromatic rings. The molecule has 4 heteroatoms. The molecule has 1 rings (SSSR count). The molecule has 0 N–H and O–H groups in total. The Hall–Kier alpha value is -1.50. The number of rotatable bonds is 3. The minimum absolute atomic E-state index is 0.691. The second kappa shape index (κ2) is 4.14. The summed E-state index contributed by atoms with van der Waals surface area (Å²) in [4.78, 5) is 2.14. The van der Waals surface area contributed by atoms with Crippen molar-refractivity contribution in [3.05, 3.63) is 11.3 Å². The van der Waals surface area contributed by atoms with Crippen LogP contribution >= 0.6 is 0 Å². The van der Waals surface area contributed by atoms with Gasteiger partial charge in [0, 0.05) is 20.1 Å². The van der Waals surface area contributed by atoms with E-state index in [9.17, 15) is 0 Å². The molecule has 0 radical (unpaired) electrons. The van der Waals surface area contributed by atoms with E-state index in [1.807, 2.05) is 14.0 Å². The first-order valence-electron chi connectivity index (χ1n) is 4.84. The minimum atomic E-state index is 0.691. The van der Waals surface area contributed by atoms with Crippen molar-refractivity contribution >= 4 is 5.82 Å². The molecule has 1 aromatic heterocycles. The molecule has 0 amide bonds. The molecule has 0 aliphatic rings. The quantitative estimate of drug-likeness (QED) is 0.728. The summed E-state index contributed by atoms with van der Waals surface area (Å²) in [5.74, 6) is 0.926. The van der Waals surface area contributed by atoms with Crippen molar-refractivity contribution in [2.24, 2.45) is 7.05 Å². The molecular formula is C10H16N4. The van der Waals surface area contributed by atoms with Gasteiger partial charge in [-0.3, -0.25) is 4.68 Å². The van der Waals surface area contributed by atoms with Gasteiger partial charge in [0.25, 0.3) is 0 Å². The van der Waals surface area contributed by atoms with E-state index >= 15 is 0 Å². The fourth-order valence-electron chi connectivity index (χ4n) is 1.66. The van der Waals surface area contributed by atoms with Crippen LogP contribution in [0.25, 0.3) is 0 Å². The van der Waals surface area contributed by atoms with Gasteiger partial charge in [0.2, 0.25) is 0 Å². The van der Waals surface area contributed by atoms with Crippen molar-refractivity contribution in [3.8, 4) is 6.07 Å². The standard InChI is InChI=1S/C10H16N4/c1-5-14(6-2)10-9(7-11)8(3)12-13(10)4/h5-6H2,1-4H3. The Bertz CT molecular complexity index is 355. The molecule has 0 saturated carbocycles. The zero-order valence-electron chi connectivity index (χ0n) is 9.20. The first-order valence-corrected chi connectivity index (χ1v) is 4.84. The lowest BCUT2D eigenvalue weighted by molar-refractivity contribution is 0.715. The monoisotopic (exact) mass is 192 g/mol. The molecule has 0 unspecified atom stereocenters. The van der Waals surface area contributed by atoms with Crippen LogP contribution in [0, 0.1) is 18.3 Å². The summed E-state index contributed by atoms with van der Waals surface area (Å²) in [5.41, 5.74) is 1.49. The molecule has 0 aliphatic heterocycles. The highest BCUT2D eigenvalue weighted by Crippen LogP contribution is 2.21. The maximum atomic E-state index is 9.02. The molecule has 0 aliphatic carbocycles. The fourth-order valence-corrected chi connectivity index (χ4v) is 1.66. The van der Waals surface area contributed by atoms with E-state index in [0.29, 0.717) is 5.56 Å². The van der Waals surface area contributed by atoms with Gasteiger partial charge in [-0.15, -0.1) is 0 Å². The van der Waals surface area contributed by atoms with Crippen molar-refractivity contribution in [1.82, 2.24) is 9.78 Å². The number of nitrogens with zero attached hydrogens (tertiary/aromatic N) is 4. The van der Waals surface area contributed by atoms with Gasteiger partial charge in [-0.25, -0.2) is 0 Å². The van der Waals surface area contributed by atoms with E-state index in [1.54, 1.807) is 4.68 Å². The van der Waals surface area contributed by atoms with Crippen molar-refractivity contribution in [2.45, 2.75) is 20.8 Å². The SMILES string of the molecule is CCN(CC)c1c(C#N)c(C)nn1C. The lowest BCUT2D eigenvalue weighted by atomic mass is 10.2. The highest BCUT2D eigenvalue weighted by Gasteiger charge is 2.16. The second-order valence-corrected chi connectivity index (χ2v) is 3.19. The van der Waals surface area contributed by atoms with Crippen LogP contribution in [0.2, 0.25) is 0 Å². The van der Waals surface area contributed by atoms with Crippen LogP contribution in [-0.2, 0) is 7.05 Å². The molecule has 0 atom stereocenters. The first-order chi connectivity index (χ1) is 6.65. The number of aromatic nitrogens is 2. The summed E-state index contributed by atoms with van der Waals surface area (Å²) < 4.78 is 1.78. The molecule has 76 valence electrons. The zero-order valence-corrected chi connectivity index (χ0v) is 9.20.